The molecule has 1 heterocycles. The van der Waals surface area contributed by atoms with Crippen LogP contribution in [0.5, 0.6) is 5.88 Å². The van der Waals surface area contributed by atoms with E-state index in [-0.39, 0.29) is 12.0 Å². The predicted molar refractivity (Wildman–Crippen MR) is 57.9 cm³/mol. The fourth-order valence-electron chi connectivity index (χ4n) is 1.26. The van der Waals surface area contributed by atoms with Crippen LogP contribution in [0.1, 0.15) is 25.4 Å². The van der Waals surface area contributed by atoms with Gasteiger partial charge in [0.25, 0.3) is 0 Å². The number of hydrogen-bond donors (Lipinski definition) is 1. The van der Waals surface area contributed by atoms with Crippen LogP contribution in [-0.4, -0.2) is 28.3 Å². The quantitative estimate of drug-likeness (QED) is 0.815. The van der Waals surface area contributed by atoms with Gasteiger partial charge in [-0.3, -0.25) is 0 Å². The topological polar surface area (TPSA) is 55.2 Å². The highest BCUT2D eigenvalue weighted by molar-refractivity contribution is 5.16. The van der Waals surface area contributed by atoms with Gasteiger partial charge in [-0.05, 0) is 12.8 Å². The summed E-state index contributed by atoms with van der Waals surface area (Å²) in [4.78, 5) is 8.34. The number of aliphatic hydroxyl groups is 1. The molecule has 0 aliphatic carbocycles. The summed E-state index contributed by atoms with van der Waals surface area (Å²) in [6.45, 7) is 5.78. The van der Waals surface area contributed by atoms with E-state index in [4.69, 9.17) is 4.74 Å². The first-order valence-electron chi connectivity index (χ1n) is 5.09. The van der Waals surface area contributed by atoms with Crippen LogP contribution in [-0.2, 0) is 6.42 Å². The van der Waals surface area contributed by atoms with Crippen LogP contribution in [0.4, 0.5) is 0 Å². The number of ether oxygens (including phenoxy) is 1. The van der Waals surface area contributed by atoms with Gasteiger partial charge < -0.3 is 9.84 Å². The molecule has 0 fully saturated rings. The summed E-state index contributed by atoms with van der Waals surface area (Å²) in [5.74, 6) is 1.44. The van der Waals surface area contributed by atoms with Gasteiger partial charge in [0.1, 0.15) is 5.82 Å². The van der Waals surface area contributed by atoms with Crippen molar-refractivity contribution in [2.75, 3.05) is 7.11 Å². The third-order valence-electron chi connectivity index (χ3n) is 2.26. The fraction of sp³-hybridized carbons (Fsp3) is 0.636. The number of hydrogen-bond acceptors (Lipinski definition) is 4. The van der Waals surface area contributed by atoms with Crippen LogP contribution >= 0.6 is 0 Å². The Morgan fingerprint density at radius 3 is 2.60 bits per heavy atom. The van der Waals surface area contributed by atoms with Crippen molar-refractivity contribution in [1.29, 1.82) is 0 Å². The highest BCUT2D eigenvalue weighted by Crippen LogP contribution is 2.13. The van der Waals surface area contributed by atoms with Crippen molar-refractivity contribution in [3.8, 4) is 5.88 Å². The molecule has 0 saturated heterocycles. The molecule has 1 N–H and O–H groups in total. The van der Waals surface area contributed by atoms with Gasteiger partial charge in [-0.2, -0.15) is 4.98 Å². The summed E-state index contributed by atoms with van der Waals surface area (Å²) in [6.07, 6.45) is 0.168. The molecule has 4 heteroatoms. The Bertz CT molecular complexity index is 326. The third-order valence-corrected chi connectivity index (χ3v) is 2.26. The first-order valence-corrected chi connectivity index (χ1v) is 5.09. The van der Waals surface area contributed by atoms with Crippen molar-refractivity contribution in [3.05, 3.63) is 17.6 Å². The Hall–Kier alpha value is -1.16. The van der Waals surface area contributed by atoms with E-state index >= 15 is 0 Å². The van der Waals surface area contributed by atoms with Crippen LogP contribution in [0.25, 0.3) is 0 Å². The summed E-state index contributed by atoms with van der Waals surface area (Å²) >= 11 is 0. The summed E-state index contributed by atoms with van der Waals surface area (Å²) in [5.41, 5.74) is 0.820. The molecule has 0 bridgehead atoms. The van der Waals surface area contributed by atoms with Crippen molar-refractivity contribution in [2.45, 2.75) is 33.3 Å². The van der Waals surface area contributed by atoms with E-state index in [2.05, 4.69) is 9.97 Å². The third kappa shape index (κ3) is 3.47. The second-order valence-corrected chi connectivity index (χ2v) is 3.96. The zero-order valence-corrected chi connectivity index (χ0v) is 9.69. The van der Waals surface area contributed by atoms with Crippen LogP contribution in [0.3, 0.4) is 0 Å². The Balaban J connectivity index is 2.80. The van der Waals surface area contributed by atoms with E-state index in [1.807, 2.05) is 20.8 Å². The minimum Gasteiger partial charge on any atom is -0.481 e. The molecule has 0 amide bonds. The number of nitrogens with zero attached hydrogens (tertiary/aromatic N) is 2. The molecule has 0 saturated carbocycles. The Labute approximate surface area is 90.3 Å². The molecule has 4 nitrogen and oxygen atoms in total. The first-order chi connectivity index (χ1) is 7.02. The van der Waals surface area contributed by atoms with Crippen LogP contribution in [0.15, 0.2) is 6.07 Å². The largest absolute Gasteiger partial charge is 0.481 e. The van der Waals surface area contributed by atoms with Gasteiger partial charge >= 0.3 is 0 Å². The molecule has 1 atom stereocenters. The maximum absolute atomic E-state index is 9.73. The molecule has 0 aliphatic rings. The van der Waals surface area contributed by atoms with E-state index in [1.54, 1.807) is 13.2 Å². The smallest absolute Gasteiger partial charge is 0.216 e. The number of aliphatic hydroxyl groups excluding tert-OH is 1. The molecule has 15 heavy (non-hydrogen) atoms. The van der Waals surface area contributed by atoms with Gasteiger partial charge in [-0.25, -0.2) is 4.98 Å². The zero-order chi connectivity index (χ0) is 11.4. The number of aromatic nitrogens is 2. The molecule has 1 unspecified atom stereocenters. The fourth-order valence-corrected chi connectivity index (χ4v) is 1.26. The van der Waals surface area contributed by atoms with Gasteiger partial charge in [0, 0.05) is 12.5 Å². The lowest BCUT2D eigenvalue weighted by Crippen LogP contribution is -2.18. The minimum atomic E-state index is -0.371. The zero-order valence-electron chi connectivity index (χ0n) is 9.69. The van der Waals surface area contributed by atoms with Gasteiger partial charge in [0.05, 0.1) is 18.9 Å². The van der Waals surface area contributed by atoms with Gasteiger partial charge in [-0.15, -0.1) is 0 Å². The monoisotopic (exact) mass is 210 g/mol. The highest BCUT2D eigenvalue weighted by Gasteiger charge is 2.12. The van der Waals surface area contributed by atoms with E-state index in [0.717, 1.165) is 5.69 Å². The Morgan fingerprint density at radius 1 is 1.40 bits per heavy atom. The number of methoxy groups -OCH3 is 1. The standard InChI is InChI=1S/C11H18N2O2/c1-7(2)10(14)5-9-6-11(15-4)13-8(3)12-9/h6-7,10,14H,5H2,1-4H3. The van der Waals surface area contributed by atoms with Gasteiger partial charge in [0.2, 0.25) is 5.88 Å². The summed E-state index contributed by atoms with van der Waals surface area (Å²) in [5, 5.41) is 9.73. The van der Waals surface area contributed by atoms with Crippen molar-refractivity contribution < 1.29 is 9.84 Å². The molecule has 1 rings (SSSR count). The average molecular weight is 210 g/mol. The molecule has 1 aromatic rings. The lowest BCUT2D eigenvalue weighted by atomic mass is 10.0. The van der Waals surface area contributed by atoms with Crippen molar-refractivity contribution in [3.63, 3.8) is 0 Å². The first kappa shape index (κ1) is 11.9. The van der Waals surface area contributed by atoms with Crippen LogP contribution in [0.2, 0.25) is 0 Å². The van der Waals surface area contributed by atoms with Crippen molar-refractivity contribution >= 4 is 0 Å². The molecule has 1 aromatic heterocycles. The lowest BCUT2D eigenvalue weighted by Gasteiger charge is -2.14. The molecule has 0 radical (unpaired) electrons. The average Bonchev–Trinajstić information content (AvgIpc) is 2.16. The van der Waals surface area contributed by atoms with Crippen molar-refractivity contribution in [1.82, 2.24) is 9.97 Å². The second kappa shape index (κ2) is 5.07. The summed E-state index contributed by atoms with van der Waals surface area (Å²) in [6, 6.07) is 1.76. The van der Waals surface area contributed by atoms with E-state index in [1.165, 1.54) is 0 Å². The Kier molecular flexibility index (Phi) is 4.03. The molecule has 0 aromatic carbocycles. The maximum Gasteiger partial charge on any atom is 0.216 e. The van der Waals surface area contributed by atoms with E-state index in [9.17, 15) is 5.11 Å². The molecule has 0 aliphatic heterocycles. The van der Waals surface area contributed by atoms with Crippen LogP contribution < -0.4 is 4.74 Å². The summed E-state index contributed by atoms with van der Waals surface area (Å²) < 4.78 is 5.04. The normalized spacial score (nSPS) is 12.9. The van der Waals surface area contributed by atoms with Gasteiger partial charge in [-0.1, -0.05) is 13.8 Å². The van der Waals surface area contributed by atoms with E-state index < -0.39 is 0 Å². The second-order valence-electron chi connectivity index (χ2n) is 3.96. The van der Waals surface area contributed by atoms with Crippen molar-refractivity contribution in [2.24, 2.45) is 5.92 Å². The maximum atomic E-state index is 9.73. The molecular weight excluding hydrogens is 192 g/mol. The predicted octanol–water partition coefficient (Wildman–Crippen LogP) is 1.35. The van der Waals surface area contributed by atoms with E-state index in [0.29, 0.717) is 18.1 Å². The minimum absolute atomic E-state index is 0.228. The molecular formula is C11H18N2O2. The molecule has 0 spiro atoms. The highest BCUT2D eigenvalue weighted by atomic mass is 16.5. The van der Waals surface area contributed by atoms with Gasteiger partial charge in [0.15, 0.2) is 0 Å². The number of rotatable bonds is 4. The Morgan fingerprint density at radius 2 is 2.07 bits per heavy atom. The van der Waals surface area contributed by atoms with Crippen LogP contribution in [0, 0.1) is 12.8 Å². The summed E-state index contributed by atoms with van der Waals surface area (Å²) in [7, 11) is 1.57. The molecule has 84 valence electrons. The number of aryl methyl sites for hydroxylation is 1. The SMILES string of the molecule is COc1cc(CC(O)C(C)C)nc(C)n1. The lowest BCUT2D eigenvalue weighted by molar-refractivity contribution is 0.124.